The Balaban J connectivity index is 1.52. The number of carbonyl (C=O) groups is 2. The second-order valence-corrected chi connectivity index (χ2v) is 5.99. The van der Waals surface area contributed by atoms with Crippen molar-refractivity contribution >= 4 is 29.2 Å². The van der Waals surface area contributed by atoms with Gasteiger partial charge in [0.25, 0.3) is 0 Å². The standard InChI is InChI=1S/C17H16ClN5O3/c18-14-4-2-1-3-12(14)10-23-11-13(9-19-23)20-16(24)6-8-22-7-5-15(21-22)17(25)26/h1-5,7,9,11H,6,8,10H2,(H,20,24)(H,25,26). The molecule has 0 fully saturated rings. The van der Waals surface area contributed by atoms with Crippen LogP contribution in [-0.4, -0.2) is 36.5 Å². The molecule has 134 valence electrons. The van der Waals surface area contributed by atoms with Gasteiger partial charge in [0.1, 0.15) is 0 Å². The Kier molecular flexibility index (Phi) is 5.33. The van der Waals surface area contributed by atoms with Gasteiger partial charge in [-0.25, -0.2) is 4.79 Å². The molecule has 0 aliphatic rings. The summed E-state index contributed by atoms with van der Waals surface area (Å²) in [5, 5.41) is 20.3. The summed E-state index contributed by atoms with van der Waals surface area (Å²) in [5.41, 5.74) is 1.46. The van der Waals surface area contributed by atoms with Gasteiger partial charge >= 0.3 is 5.97 Å². The number of hydrogen-bond donors (Lipinski definition) is 2. The average molecular weight is 374 g/mol. The van der Waals surface area contributed by atoms with E-state index < -0.39 is 5.97 Å². The number of rotatable bonds is 7. The third-order valence-corrected chi connectivity index (χ3v) is 4.00. The fourth-order valence-corrected chi connectivity index (χ4v) is 2.55. The minimum atomic E-state index is -1.10. The molecule has 0 saturated heterocycles. The van der Waals surface area contributed by atoms with Crippen LogP contribution in [0.2, 0.25) is 5.02 Å². The Morgan fingerprint density at radius 1 is 1.19 bits per heavy atom. The second-order valence-electron chi connectivity index (χ2n) is 5.59. The average Bonchev–Trinajstić information content (AvgIpc) is 3.25. The number of halogens is 1. The number of aryl methyl sites for hydroxylation is 1. The molecule has 9 heteroatoms. The molecule has 0 bridgehead atoms. The highest BCUT2D eigenvalue weighted by Gasteiger charge is 2.09. The zero-order valence-corrected chi connectivity index (χ0v) is 14.4. The monoisotopic (exact) mass is 373 g/mol. The number of amides is 1. The van der Waals surface area contributed by atoms with Gasteiger partial charge in [0.2, 0.25) is 5.91 Å². The van der Waals surface area contributed by atoms with Crippen molar-refractivity contribution in [3.05, 3.63) is 65.2 Å². The third kappa shape index (κ3) is 4.48. The number of aromatic nitrogens is 4. The quantitative estimate of drug-likeness (QED) is 0.662. The van der Waals surface area contributed by atoms with Crippen LogP contribution < -0.4 is 5.32 Å². The Hall–Kier alpha value is -3.13. The van der Waals surface area contributed by atoms with Gasteiger partial charge < -0.3 is 10.4 Å². The van der Waals surface area contributed by atoms with Crippen LogP contribution in [0.3, 0.4) is 0 Å². The van der Waals surface area contributed by atoms with Gasteiger partial charge in [-0.1, -0.05) is 29.8 Å². The van der Waals surface area contributed by atoms with Crippen LogP contribution in [0.1, 0.15) is 22.5 Å². The van der Waals surface area contributed by atoms with E-state index in [1.165, 1.54) is 16.9 Å². The largest absolute Gasteiger partial charge is 0.476 e. The smallest absolute Gasteiger partial charge is 0.356 e. The van der Waals surface area contributed by atoms with Crippen molar-refractivity contribution in [2.75, 3.05) is 5.32 Å². The molecule has 0 unspecified atom stereocenters. The molecule has 3 rings (SSSR count). The van der Waals surface area contributed by atoms with E-state index in [0.717, 1.165) is 5.56 Å². The summed E-state index contributed by atoms with van der Waals surface area (Å²) in [4.78, 5) is 22.8. The van der Waals surface area contributed by atoms with Gasteiger partial charge in [0.15, 0.2) is 5.69 Å². The number of benzene rings is 1. The van der Waals surface area contributed by atoms with Crippen LogP contribution in [0.5, 0.6) is 0 Å². The molecule has 1 amide bonds. The number of carbonyl (C=O) groups excluding carboxylic acids is 1. The van der Waals surface area contributed by atoms with Crippen molar-refractivity contribution in [3.63, 3.8) is 0 Å². The molecule has 8 nitrogen and oxygen atoms in total. The Bertz CT molecular complexity index is 934. The third-order valence-electron chi connectivity index (χ3n) is 3.63. The molecule has 0 aliphatic heterocycles. The lowest BCUT2D eigenvalue weighted by molar-refractivity contribution is -0.116. The van der Waals surface area contributed by atoms with Crippen LogP contribution in [-0.2, 0) is 17.9 Å². The number of hydrogen-bond acceptors (Lipinski definition) is 4. The predicted octanol–water partition coefficient (Wildman–Crippen LogP) is 2.51. The highest BCUT2D eigenvalue weighted by atomic mass is 35.5. The fraction of sp³-hybridized carbons (Fsp3) is 0.176. The number of carboxylic acid groups (broad SMARTS) is 1. The molecule has 26 heavy (non-hydrogen) atoms. The number of nitrogens with one attached hydrogen (secondary N) is 1. The van der Waals surface area contributed by atoms with Crippen molar-refractivity contribution in [1.29, 1.82) is 0 Å². The summed E-state index contributed by atoms with van der Waals surface area (Å²) in [7, 11) is 0. The first-order valence-corrected chi connectivity index (χ1v) is 8.21. The Morgan fingerprint density at radius 2 is 2.00 bits per heavy atom. The van der Waals surface area contributed by atoms with E-state index in [1.54, 1.807) is 17.1 Å². The summed E-state index contributed by atoms with van der Waals surface area (Å²) in [6, 6.07) is 8.88. The summed E-state index contributed by atoms with van der Waals surface area (Å²) in [6.07, 6.45) is 4.97. The van der Waals surface area contributed by atoms with Crippen LogP contribution in [0.4, 0.5) is 5.69 Å². The Labute approximate surface area is 154 Å². The molecular formula is C17H16ClN5O3. The molecule has 2 heterocycles. The van der Waals surface area contributed by atoms with Crippen LogP contribution in [0.25, 0.3) is 0 Å². The van der Waals surface area contributed by atoms with E-state index in [9.17, 15) is 9.59 Å². The van der Waals surface area contributed by atoms with E-state index in [1.807, 2.05) is 24.3 Å². The molecule has 0 saturated carbocycles. The summed E-state index contributed by atoms with van der Waals surface area (Å²) in [5.74, 6) is -1.31. The van der Waals surface area contributed by atoms with Crippen molar-refractivity contribution in [1.82, 2.24) is 19.6 Å². The van der Waals surface area contributed by atoms with E-state index in [4.69, 9.17) is 16.7 Å². The fourth-order valence-electron chi connectivity index (χ4n) is 2.36. The van der Waals surface area contributed by atoms with Crippen molar-refractivity contribution < 1.29 is 14.7 Å². The zero-order valence-electron chi connectivity index (χ0n) is 13.7. The normalized spacial score (nSPS) is 10.7. The lowest BCUT2D eigenvalue weighted by atomic mass is 10.2. The molecule has 2 N–H and O–H groups in total. The lowest BCUT2D eigenvalue weighted by Crippen LogP contribution is -2.14. The highest BCUT2D eigenvalue weighted by Crippen LogP contribution is 2.16. The van der Waals surface area contributed by atoms with Crippen LogP contribution in [0, 0.1) is 0 Å². The molecule has 3 aromatic rings. The van der Waals surface area contributed by atoms with E-state index in [0.29, 0.717) is 17.3 Å². The van der Waals surface area contributed by atoms with Gasteiger partial charge in [0.05, 0.1) is 18.4 Å². The van der Waals surface area contributed by atoms with Crippen molar-refractivity contribution in [3.8, 4) is 0 Å². The lowest BCUT2D eigenvalue weighted by Gasteiger charge is -2.04. The Morgan fingerprint density at radius 3 is 2.73 bits per heavy atom. The number of anilines is 1. The van der Waals surface area contributed by atoms with E-state index in [-0.39, 0.29) is 24.6 Å². The molecule has 0 atom stereocenters. The van der Waals surface area contributed by atoms with Gasteiger partial charge in [-0.05, 0) is 17.7 Å². The van der Waals surface area contributed by atoms with Crippen molar-refractivity contribution in [2.45, 2.75) is 19.5 Å². The molecule has 1 aromatic carbocycles. The number of carboxylic acids is 1. The molecule has 0 aliphatic carbocycles. The van der Waals surface area contributed by atoms with Gasteiger partial charge in [0, 0.05) is 30.4 Å². The first-order chi connectivity index (χ1) is 12.5. The first kappa shape index (κ1) is 17.7. The maximum absolute atomic E-state index is 12.0. The summed E-state index contributed by atoms with van der Waals surface area (Å²) < 4.78 is 3.10. The van der Waals surface area contributed by atoms with Crippen molar-refractivity contribution in [2.24, 2.45) is 0 Å². The SMILES string of the molecule is O=C(CCn1ccc(C(=O)O)n1)Nc1cnn(Cc2ccccc2Cl)c1. The van der Waals surface area contributed by atoms with Crippen LogP contribution >= 0.6 is 11.6 Å². The highest BCUT2D eigenvalue weighted by molar-refractivity contribution is 6.31. The zero-order chi connectivity index (χ0) is 18.5. The predicted molar refractivity (Wildman–Crippen MR) is 95.2 cm³/mol. The van der Waals surface area contributed by atoms with E-state index in [2.05, 4.69) is 15.5 Å². The van der Waals surface area contributed by atoms with Gasteiger partial charge in [-0.2, -0.15) is 10.2 Å². The number of nitrogens with zero attached hydrogens (tertiary/aromatic N) is 4. The second kappa shape index (κ2) is 7.83. The van der Waals surface area contributed by atoms with E-state index >= 15 is 0 Å². The molecule has 0 spiro atoms. The molecular weight excluding hydrogens is 358 g/mol. The first-order valence-electron chi connectivity index (χ1n) is 7.84. The number of aromatic carboxylic acids is 1. The summed E-state index contributed by atoms with van der Waals surface area (Å²) >= 11 is 6.13. The molecule has 0 radical (unpaired) electrons. The maximum Gasteiger partial charge on any atom is 0.356 e. The van der Waals surface area contributed by atoms with Crippen LogP contribution in [0.15, 0.2) is 48.9 Å². The molecule has 2 aromatic heterocycles. The maximum atomic E-state index is 12.0. The topological polar surface area (TPSA) is 102 Å². The minimum Gasteiger partial charge on any atom is -0.476 e. The summed E-state index contributed by atoms with van der Waals surface area (Å²) in [6.45, 7) is 0.785. The minimum absolute atomic E-state index is 0.0498. The van der Waals surface area contributed by atoms with Gasteiger partial charge in [-0.15, -0.1) is 0 Å². The van der Waals surface area contributed by atoms with Gasteiger partial charge in [-0.3, -0.25) is 14.2 Å².